The van der Waals surface area contributed by atoms with Crippen molar-refractivity contribution in [3.8, 4) is 0 Å². The highest BCUT2D eigenvalue weighted by molar-refractivity contribution is 5.95. The Balaban J connectivity index is 3.98. The van der Waals surface area contributed by atoms with Gasteiger partial charge in [0.25, 0.3) is 0 Å². The molecule has 0 heterocycles. The Kier molecular flexibility index (Phi) is 4.18. The van der Waals surface area contributed by atoms with E-state index < -0.39 is 11.9 Å². The molecule has 0 bridgehead atoms. The van der Waals surface area contributed by atoms with Crippen LogP contribution < -0.4 is 0 Å². The molecule has 11 heavy (non-hydrogen) atoms. The third-order valence-electron chi connectivity index (χ3n) is 1.25. The molecule has 0 aliphatic rings. The minimum Gasteiger partial charge on any atom is -0.390 e. The molecule has 62 valence electrons. The van der Waals surface area contributed by atoms with Crippen LogP contribution in [-0.4, -0.2) is 11.9 Å². The van der Waals surface area contributed by atoms with E-state index in [1.54, 1.807) is 26.8 Å². The SMILES string of the molecule is CC=C(C)C(=O)OC(=O)CC. The molecule has 0 aromatic carbocycles. The lowest BCUT2D eigenvalue weighted by Crippen LogP contribution is -2.11. The quantitative estimate of drug-likeness (QED) is 0.345. The maximum Gasteiger partial charge on any atom is 0.341 e. The Morgan fingerprint density at radius 1 is 1.45 bits per heavy atom. The number of carbonyl (C=O) groups excluding carboxylic acids is 2. The lowest BCUT2D eigenvalue weighted by atomic mass is 10.3. The fourth-order valence-corrected chi connectivity index (χ4v) is 0.374. The molecule has 0 aliphatic heterocycles. The molecule has 0 N–H and O–H groups in total. The molecule has 0 radical (unpaired) electrons. The van der Waals surface area contributed by atoms with Gasteiger partial charge in [-0.3, -0.25) is 4.79 Å². The Morgan fingerprint density at radius 2 is 2.00 bits per heavy atom. The lowest BCUT2D eigenvalue weighted by Gasteiger charge is -1.99. The smallest absolute Gasteiger partial charge is 0.341 e. The van der Waals surface area contributed by atoms with Crippen LogP contribution in [0.4, 0.5) is 0 Å². The van der Waals surface area contributed by atoms with Gasteiger partial charge in [-0.25, -0.2) is 4.79 Å². The van der Waals surface area contributed by atoms with E-state index in [9.17, 15) is 9.59 Å². The number of allylic oxidation sites excluding steroid dienone is 1. The van der Waals surface area contributed by atoms with Crippen molar-refractivity contribution in [1.29, 1.82) is 0 Å². The van der Waals surface area contributed by atoms with E-state index >= 15 is 0 Å². The van der Waals surface area contributed by atoms with Crippen LogP contribution in [0.25, 0.3) is 0 Å². The molecule has 0 rings (SSSR count). The fourth-order valence-electron chi connectivity index (χ4n) is 0.374. The van der Waals surface area contributed by atoms with Gasteiger partial charge in [-0.1, -0.05) is 13.0 Å². The first-order valence-electron chi connectivity index (χ1n) is 3.49. The third kappa shape index (κ3) is 3.55. The Labute approximate surface area is 66.0 Å². The Morgan fingerprint density at radius 3 is 2.36 bits per heavy atom. The molecule has 0 saturated heterocycles. The van der Waals surface area contributed by atoms with Crippen LogP contribution in [0.1, 0.15) is 27.2 Å². The summed E-state index contributed by atoms with van der Waals surface area (Å²) in [5, 5.41) is 0. The summed E-state index contributed by atoms with van der Waals surface area (Å²) in [5.74, 6) is -1.05. The molecule has 0 atom stereocenters. The van der Waals surface area contributed by atoms with Crippen molar-refractivity contribution in [1.82, 2.24) is 0 Å². The van der Waals surface area contributed by atoms with E-state index in [0.717, 1.165) is 0 Å². The van der Waals surface area contributed by atoms with Gasteiger partial charge in [0.1, 0.15) is 0 Å². The summed E-state index contributed by atoms with van der Waals surface area (Å²) in [7, 11) is 0. The van der Waals surface area contributed by atoms with Gasteiger partial charge in [0.05, 0.1) is 0 Å². The molecule has 0 fully saturated rings. The van der Waals surface area contributed by atoms with Crippen molar-refractivity contribution in [3.63, 3.8) is 0 Å². The second-order valence-electron chi connectivity index (χ2n) is 2.09. The first-order valence-corrected chi connectivity index (χ1v) is 3.49. The van der Waals surface area contributed by atoms with Crippen molar-refractivity contribution in [2.24, 2.45) is 0 Å². The highest BCUT2D eigenvalue weighted by Crippen LogP contribution is 1.97. The first-order chi connectivity index (χ1) is 5.11. The van der Waals surface area contributed by atoms with Gasteiger partial charge in [0, 0.05) is 12.0 Å². The molecule has 0 unspecified atom stereocenters. The molecule has 0 spiro atoms. The minimum absolute atomic E-state index is 0.225. The van der Waals surface area contributed by atoms with Crippen molar-refractivity contribution in [3.05, 3.63) is 11.6 Å². The van der Waals surface area contributed by atoms with Crippen LogP contribution in [0.5, 0.6) is 0 Å². The van der Waals surface area contributed by atoms with Gasteiger partial charge in [0.15, 0.2) is 0 Å². The highest BCUT2D eigenvalue weighted by Gasteiger charge is 2.08. The average molecular weight is 156 g/mol. The number of carbonyl (C=O) groups is 2. The molecule has 3 heteroatoms. The zero-order valence-electron chi connectivity index (χ0n) is 7.01. The summed E-state index contributed by atoms with van der Waals surface area (Å²) < 4.78 is 4.41. The summed E-state index contributed by atoms with van der Waals surface area (Å²) in [6.07, 6.45) is 1.83. The predicted octanol–water partition coefficient (Wildman–Crippen LogP) is 1.43. The third-order valence-corrected chi connectivity index (χ3v) is 1.25. The standard InChI is InChI=1S/C8H12O3/c1-4-6(3)8(10)11-7(9)5-2/h4H,5H2,1-3H3. The fraction of sp³-hybridized carbons (Fsp3) is 0.500. The maximum absolute atomic E-state index is 10.8. The van der Waals surface area contributed by atoms with Crippen LogP contribution in [0.2, 0.25) is 0 Å². The van der Waals surface area contributed by atoms with Crippen LogP contribution in [0, 0.1) is 0 Å². The summed E-state index contributed by atoms with van der Waals surface area (Å²) >= 11 is 0. The molecule has 0 saturated carbocycles. The van der Waals surface area contributed by atoms with Crippen LogP contribution in [0.15, 0.2) is 11.6 Å². The van der Waals surface area contributed by atoms with Crippen molar-refractivity contribution in [2.75, 3.05) is 0 Å². The molecule has 3 nitrogen and oxygen atoms in total. The van der Waals surface area contributed by atoms with Crippen molar-refractivity contribution >= 4 is 11.9 Å². The normalized spacial score (nSPS) is 11.0. The lowest BCUT2D eigenvalue weighted by molar-refractivity contribution is -0.156. The number of hydrogen-bond donors (Lipinski definition) is 0. The first kappa shape index (κ1) is 9.88. The van der Waals surface area contributed by atoms with Gasteiger partial charge < -0.3 is 4.74 Å². The summed E-state index contributed by atoms with van der Waals surface area (Å²) in [4.78, 5) is 21.4. The topological polar surface area (TPSA) is 43.4 Å². The number of hydrogen-bond acceptors (Lipinski definition) is 3. The molecular weight excluding hydrogens is 144 g/mol. The van der Waals surface area contributed by atoms with Gasteiger partial charge in [-0.2, -0.15) is 0 Å². The van der Waals surface area contributed by atoms with E-state index in [4.69, 9.17) is 0 Å². The predicted molar refractivity (Wildman–Crippen MR) is 40.8 cm³/mol. The summed E-state index contributed by atoms with van der Waals surface area (Å²) in [6.45, 7) is 4.96. The molecule has 0 aliphatic carbocycles. The minimum atomic E-state index is -0.556. The van der Waals surface area contributed by atoms with Crippen molar-refractivity contribution in [2.45, 2.75) is 27.2 Å². The zero-order chi connectivity index (χ0) is 8.85. The van der Waals surface area contributed by atoms with Gasteiger partial charge in [0.2, 0.25) is 0 Å². The average Bonchev–Trinajstić information content (AvgIpc) is 2.02. The van der Waals surface area contributed by atoms with E-state index in [1.807, 2.05) is 0 Å². The molecule has 0 aromatic heterocycles. The highest BCUT2D eigenvalue weighted by atomic mass is 16.6. The van der Waals surface area contributed by atoms with Gasteiger partial charge in [-0.05, 0) is 13.8 Å². The molecular formula is C8H12O3. The number of rotatable bonds is 2. The summed E-state index contributed by atoms with van der Waals surface area (Å²) in [6, 6.07) is 0. The van der Waals surface area contributed by atoms with E-state index in [1.165, 1.54) is 0 Å². The number of ether oxygens (including phenoxy) is 1. The van der Waals surface area contributed by atoms with Crippen LogP contribution >= 0.6 is 0 Å². The Hall–Kier alpha value is -1.12. The van der Waals surface area contributed by atoms with Gasteiger partial charge >= 0.3 is 11.9 Å². The van der Waals surface area contributed by atoms with Crippen molar-refractivity contribution < 1.29 is 14.3 Å². The second kappa shape index (κ2) is 4.66. The summed E-state index contributed by atoms with van der Waals surface area (Å²) in [5.41, 5.74) is 0.451. The Bertz CT molecular complexity index is 192. The largest absolute Gasteiger partial charge is 0.390 e. The van der Waals surface area contributed by atoms with Crippen LogP contribution in [0.3, 0.4) is 0 Å². The van der Waals surface area contributed by atoms with Gasteiger partial charge in [-0.15, -0.1) is 0 Å². The maximum atomic E-state index is 10.8. The van der Waals surface area contributed by atoms with Crippen LogP contribution in [-0.2, 0) is 14.3 Å². The molecule has 0 amide bonds. The number of esters is 2. The van der Waals surface area contributed by atoms with E-state index in [-0.39, 0.29) is 6.42 Å². The monoisotopic (exact) mass is 156 g/mol. The molecule has 0 aromatic rings. The second-order valence-corrected chi connectivity index (χ2v) is 2.09. The van der Waals surface area contributed by atoms with E-state index in [2.05, 4.69) is 4.74 Å². The zero-order valence-corrected chi connectivity index (χ0v) is 7.01. The van der Waals surface area contributed by atoms with E-state index in [0.29, 0.717) is 5.57 Å².